The highest BCUT2D eigenvalue weighted by Gasteiger charge is 2.32. The molecule has 0 unspecified atom stereocenters. The number of H-pyrrole nitrogens is 1. The molecule has 1 aromatic carbocycles. The standard InChI is InChI=1S/C18H21ClFN3O3S/c1-11-16(18(24)22-13-6-7-15(20)14(19)10-13)21-12(2)17(11)27(25,26)23-8-4-3-5-9-23/h6-7,10,21H,3-5,8-9H2,1-2H3,(H,22,24). The highest BCUT2D eigenvalue weighted by molar-refractivity contribution is 7.89. The smallest absolute Gasteiger partial charge is 0.272 e. The number of halogens is 2. The first-order valence-corrected chi connectivity index (χ1v) is 10.5. The van der Waals surface area contributed by atoms with E-state index < -0.39 is 21.7 Å². The maximum absolute atomic E-state index is 13.3. The molecule has 3 rings (SSSR count). The number of aromatic amines is 1. The third kappa shape index (κ3) is 3.88. The van der Waals surface area contributed by atoms with E-state index in [4.69, 9.17) is 11.6 Å². The Kier molecular flexibility index (Phi) is 5.60. The van der Waals surface area contributed by atoms with Crippen LogP contribution in [0.2, 0.25) is 5.02 Å². The molecule has 27 heavy (non-hydrogen) atoms. The van der Waals surface area contributed by atoms with E-state index in [9.17, 15) is 17.6 Å². The molecule has 2 aromatic rings. The Labute approximate surface area is 162 Å². The maximum atomic E-state index is 13.3. The number of carbonyl (C=O) groups excluding carboxylic acids is 1. The minimum atomic E-state index is -3.67. The van der Waals surface area contributed by atoms with Gasteiger partial charge in [0, 0.05) is 24.5 Å². The van der Waals surface area contributed by atoms with E-state index in [2.05, 4.69) is 10.3 Å². The Balaban J connectivity index is 1.90. The van der Waals surface area contributed by atoms with Gasteiger partial charge in [-0.15, -0.1) is 0 Å². The second kappa shape index (κ2) is 7.61. The minimum absolute atomic E-state index is 0.111. The van der Waals surface area contributed by atoms with Crippen molar-refractivity contribution in [1.82, 2.24) is 9.29 Å². The molecule has 1 aromatic heterocycles. The summed E-state index contributed by atoms with van der Waals surface area (Å²) in [5.74, 6) is -1.10. The van der Waals surface area contributed by atoms with Gasteiger partial charge in [0.05, 0.1) is 5.02 Å². The van der Waals surface area contributed by atoms with E-state index in [1.807, 2.05) is 0 Å². The van der Waals surface area contributed by atoms with Crippen LogP contribution in [0, 0.1) is 19.7 Å². The molecule has 9 heteroatoms. The molecule has 1 amide bonds. The normalized spacial score (nSPS) is 15.7. The number of aryl methyl sites for hydroxylation is 1. The van der Waals surface area contributed by atoms with Gasteiger partial charge in [0.2, 0.25) is 10.0 Å². The summed E-state index contributed by atoms with van der Waals surface area (Å²) in [4.78, 5) is 15.6. The zero-order chi connectivity index (χ0) is 19.8. The number of benzene rings is 1. The van der Waals surface area contributed by atoms with Crippen LogP contribution in [-0.4, -0.2) is 36.7 Å². The number of nitrogens with one attached hydrogen (secondary N) is 2. The molecule has 0 aliphatic carbocycles. The molecule has 0 bridgehead atoms. The zero-order valence-electron chi connectivity index (χ0n) is 15.1. The molecule has 0 atom stereocenters. The molecule has 0 radical (unpaired) electrons. The first-order chi connectivity index (χ1) is 12.7. The Bertz CT molecular complexity index is 982. The number of anilines is 1. The lowest BCUT2D eigenvalue weighted by Crippen LogP contribution is -2.36. The summed E-state index contributed by atoms with van der Waals surface area (Å²) in [5, 5.41) is 2.50. The Morgan fingerprint density at radius 3 is 2.52 bits per heavy atom. The molecule has 6 nitrogen and oxygen atoms in total. The van der Waals surface area contributed by atoms with Gasteiger partial charge in [0.15, 0.2) is 0 Å². The van der Waals surface area contributed by atoms with Gasteiger partial charge in [0.25, 0.3) is 5.91 Å². The highest BCUT2D eigenvalue weighted by atomic mass is 35.5. The Morgan fingerprint density at radius 1 is 1.22 bits per heavy atom. The highest BCUT2D eigenvalue weighted by Crippen LogP contribution is 2.29. The molecule has 0 saturated carbocycles. The molecular formula is C18H21ClFN3O3S. The van der Waals surface area contributed by atoms with Crippen molar-refractivity contribution in [2.75, 3.05) is 18.4 Å². The number of hydrogen-bond donors (Lipinski definition) is 2. The van der Waals surface area contributed by atoms with E-state index in [0.29, 0.717) is 30.0 Å². The summed E-state index contributed by atoms with van der Waals surface area (Å²) < 4.78 is 40.8. The van der Waals surface area contributed by atoms with Crippen molar-refractivity contribution in [2.24, 2.45) is 0 Å². The van der Waals surface area contributed by atoms with Crippen LogP contribution in [0.5, 0.6) is 0 Å². The molecule has 1 aliphatic rings. The lowest BCUT2D eigenvalue weighted by atomic mass is 10.2. The molecule has 0 spiro atoms. The van der Waals surface area contributed by atoms with Crippen LogP contribution in [0.1, 0.15) is 41.0 Å². The van der Waals surface area contributed by atoms with Crippen LogP contribution in [0.15, 0.2) is 23.1 Å². The van der Waals surface area contributed by atoms with Crippen LogP contribution < -0.4 is 5.32 Å². The van der Waals surface area contributed by atoms with Crippen molar-refractivity contribution in [3.8, 4) is 0 Å². The number of amides is 1. The molecule has 1 fully saturated rings. The van der Waals surface area contributed by atoms with Gasteiger partial charge in [-0.1, -0.05) is 18.0 Å². The average Bonchev–Trinajstić information content (AvgIpc) is 2.94. The average molecular weight is 414 g/mol. The second-order valence-electron chi connectivity index (χ2n) is 6.63. The molecular weight excluding hydrogens is 393 g/mol. The summed E-state index contributed by atoms with van der Waals surface area (Å²) in [5.41, 5.74) is 1.26. The number of sulfonamides is 1. The number of carbonyl (C=O) groups is 1. The lowest BCUT2D eigenvalue weighted by Gasteiger charge is -2.26. The molecule has 1 aliphatic heterocycles. The third-order valence-corrected chi connectivity index (χ3v) is 7.15. The van der Waals surface area contributed by atoms with Gasteiger partial charge in [-0.25, -0.2) is 12.8 Å². The van der Waals surface area contributed by atoms with Gasteiger partial charge in [0.1, 0.15) is 16.4 Å². The van der Waals surface area contributed by atoms with Crippen LogP contribution in [0.4, 0.5) is 10.1 Å². The van der Waals surface area contributed by atoms with Crippen LogP contribution >= 0.6 is 11.6 Å². The monoisotopic (exact) mass is 413 g/mol. The SMILES string of the molecule is Cc1[nH]c(C(=O)Nc2ccc(F)c(Cl)c2)c(C)c1S(=O)(=O)N1CCCCC1. The first kappa shape index (κ1) is 19.9. The van der Waals surface area contributed by atoms with Crippen molar-refractivity contribution in [2.45, 2.75) is 38.0 Å². The fourth-order valence-corrected chi connectivity index (χ4v) is 5.45. The van der Waals surface area contributed by atoms with Gasteiger partial charge in [-0.2, -0.15) is 4.31 Å². The van der Waals surface area contributed by atoms with Crippen molar-refractivity contribution in [3.63, 3.8) is 0 Å². The summed E-state index contributed by atoms with van der Waals surface area (Å²) in [7, 11) is -3.67. The molecule has 2 heterocycles. The number of piperidine rings is 1. The number of hydrogen-bond acceptors (Lipinski definition) is 3. The molecule has 146 valence electrons. The molecule has 1 saturated heterocycles. The summed E-state index contributed by atoms with van der Waals surface area (Å²) in [6.07, 6.45) is 2.69. The van der Waals surface area contributed by atoms with E-state index in [0.717, 1.165) is 25.3 Å². The topological polar surface area (TPSA) is 82.3 Å². The van der Waals surface area contributed by atoms with Crippen molar-refractivity contribution >= 4 is 33.2 Å². The van der Waals surface area contributed by atoms with E-state index in [1.54, 1.807) is 13.8 Å². The zero-order valence-corrected chi connectivity index (χ0v) is 16.7. The summed E-state index contributed by atoms with van der Waals surface area (Å²) in [6.45, 7) is 4.21. The van der Waals surface area contributed by atoms with Gasteiger partial charge < -0.3 is 10.3 Å². The second-order valence-corrected chi connectivity index (χ2v) is 8.91. The quantitative estimate of drug-likeness (QED) is 0.798. The largest absolute Gasteiger partial charge is 0.353 e. The Morgan fingerprint density at radius 2 is 1.89 bits per heavy atom. The van der Waals surface area contributed by atoms with Crippen LogP contribution in [0.3, 0.4) is 0 Å². The Hall–Kier alpha value is -1.90. The van der Waals surface area contributed by atoms with E-state index in [-0.39, 0.29) is 15.6 Å². The summed E-state index contributed by atoms with van der Waals surface area (Å²) >= 11 is 5.73. The predicted octanol–water partition coefficient (Wildman–Crippen LogP) is 3.85. The van der Waals surface area contributed by atoms with E-state index in [1.165, 1.54) is 16.4 Å². The lowest BCUT2D eigenvalue weighted by molar-refractivity contribution is 0.102. The fourth-order valence-electron chi connectivity index (χ4n) is 3.35. The van der Waals surface area contributed by atoms with Crippen LogP contribution in [0.25, 0.3) is 0 Å². The number of aromatic nitrogens is 1. The molecule has 2 N–H and O–H groups in total. The van der Waals surface area contributed by atoms with Crippen molar-refractivity contribution in [3.05, 3.63) is 46.0 Å². The predicted molar refractivity (Wildman–Crippen MR) is 102 cm³/mol. The van der Waals surface area contributed by atoms with Crippen LogP contribution in [-0.2, 0) is 10.0 Å². The van der Waals surface area contributed by atoms with Crippen molar-refractivity contribution < 1.29 is 17.6 Å². The number of nitrogens with zero attached hydrogens (tertiary/aromatic N) is 1. The van der Waals surface area contributed by atoms with Gasteiger partial charge in [-0.3, -0.25) is 4.79 Å². The number of rotatable bonds is 4. The third-order valence-electron chi connectivity index (χ3n) is 4.69. The van der Waals surface area contributed by atoms with Gasteiger partial charge in [-0.05, 0) is 50.5 Å². The summed E-state index contributed by atoms with van der Waals surface area (Å²) in [6, 6.07) is 3.83. The minimum Gasteiger partial charge on any atom is -0.353 e. The van der Waals surface area contributed by atoms with Crippen molar-refractivity contribution in [1.29, 1.82) is 0 Å². The van der Waals surface area contributed by atoms with E-state index >= 15 is 0 Å². The maximum Gasteiger partial charge on any atom is 0.272 e. The van der Waals surface area contributed by atoms with Gasteiger partial charge >= 0.3 is 0 Å². The first-order valence-electron chi connectivity index (χ1n) is 8.67. The fraction of sp³-hybridized carbons (Fsp3) is 0.389.